The zero-order chi connectivity index (χ0) is 35.7. The molecule has 14 heteroatoms. The van der Waals surface area contributed by atoms with E-state index in [2.05, 4.69) is 47.0 Å². The smallest absolute Gasteiger partial charge is 0.270 e. The molecule has 0 unspecified atom stereocenters. The summed E-state index contributed by atoms with van der Waals surface area (Å²) in [5.41, 5.74) is 7.24. The predicted octanol–water partition coefficient (Wildman–Crippen LogP) is 4.46. The predicted molar refractivity (Wildman–Crippen MR) is 192 cm³/mol. The molecule has 2 N–H and O–H groups in total. The lowest BCUT2D eigenvalue weighted by molar-refractivity contribution is -0.136. The lowest BCUT2D eigenvalue weighted by Gasteiger charge is -2.29. The SMILES string of the molecule is CN(C)C(=O)c1cc2cnc(Nc3ccc(N4Cc5cn(-c6ccc7c(c6)CN([C@@H]6CCC(=O)NC6=O)C7=O)cc5C4)cn3)nc2n1C1CCCC1. The van der Waals surface area contributed by atoms with Crippen molar-refractivity contribution in [3.05, 3.63) is 89.1 Å². The van der Waals surface area contributed by atoms with Gasteiger partial charge in [-0.15, -0.1) is 0 Å². The molecule has 1 aromatic carbocycles. The summed E-state index contributed by atoms with van der Waals surface area (Å²) in [6.07, 6.45) is 12.8. The number of hydrogen-bond donors (Lipinski definition) is 2. The maximum absolute atomic E-state index is 13.1. The van der Waals surface area contributed by atoms with Crippen molar-refractivity contribution in [1.82, 2.24) is 39.2 Å². The first kappa shape index (κ1) is 31.9. The molecule has 4 aliphatic rings. The van der Waals surface area contributed by atoms with E-state index in [0.717, 1.165) is 66.7 Å². The number of anilines is 3. The molecule has 264 valence electrons. The van der Waals surface area contributed by atoms with E-state index in [4.69, 9.17) is 4.98 Å². The summed E-state index contributed by atoms with van der Waals surface area (Å²) in [4.78, 5) is 69.8. The fourth-order valence-corrected chi connectivity index (χ4v) is 8.10. The number of aromatic nitrogens is 5. The molecule has 52 heavy (non-hydrogen) atoms. The van der Waals surface area contributed by atoms with Gasteiger partial charge >= 0.3 is 0 Å². The molecular formula is C38H38N10O4. The average molecular weight is 699 g/mol. The number of piperidine rings is 1. The van der Waals surface area contributed by atoms with Crippen molar-refractivity contribution in [3.63, 3.8) is 0 Å². The van der Waals surface area contributed by atoms with Gasteiger partial charge in [-0.2, -0.15) is 4.98 Å². The second-order valence-electron chi connectivity index (χ2n) is 14.4. The standard InChI is InChI=1S/C38H38N10O4/c1-44(2)37(52)31-14-22-15-40-38(43-34(22)48(31)26-5-3-4-6-26)41-32-11-8-28(16-39-32)46-19-24-17-45(18-25(24)20-46)27-7-9-29-23(13-27)21-47(36(29)51)30-10-12-33(49)42-35(30)50/h7-9,11,13-18,26,30H,3-6,10,12,19-21H2,1-2H3,(H,42,49,50)(H,39,40,41,43)/t30-/m1/s1. The first-order valence-electron chi connectivity index (χ1n) is 17.8. The van der Waals surface area contributed by atoms with Crippen molar-refractivity contribution in [2.45, 2.75) is 70.2 Å². The normalized spacial score (nSPS) is 18.7. The number of nitrogens with zero attached hydrogens (tertiary/aromatic N) is 8. The molecule has 1 atom stereocenters. The lowest BCUT2D eigenvalue weighted by Crippen LogP contribution is -2.52. The number of carbonyl (C=O) groups is 4. The van der Waals surface area contributed by atoms with E-state index < -0.39 is 11.9 Å². The fourth-order valence-electron chi connectivity index (χ4n) is 8.10. The molecule has 4 aromatic heterocycles. The Kier molecular flexibility index (Phi) is 7.56. The van der Waals surface area contributed by atoms with Crippen LogP contribution in [0.4, 0.5) is 17.5 Å². The Labute approximate surface area is 299 Å². The number of amides is 4. The molecule has 1 aliphatic carbocycles. The Morgan fingerprint density at radius 3 is 2.37 bits per heavy atom. The quantitative estimate of drug-likeness (QED) is 0.235. The van der Waals surface area contributed by atoms with E-state index in [1.54, 1.807) is 30.1 Å². The molecule has 0 spiro atoms. The summed E-state index contributed by atoms with van der Waals surface area (Å²) >= 11 is 0. The zero-order valence-corrected chi connectivity index (χ0v) is 29.0. The van der Waals surface area contributed by atoms with Gasteiger partial charge < -0.3 is 29.2 Å². The van der Waals surface area contributed by atoms with Crippen molar-refractivity contribution in [2.24, 2.45) is 0 Å². The van der Waals surface area contributed by atoms with Crippen LogP contribution in [0.25, 0.3) is 16.7 Å². The number of benzene rings is 1. The third-order valence-electron chi connectivity index (χ3n) is 10.8. The summed E-state index contributed by atoms with van der Waals surface area (Å²) in [7, 11) is 3.54. The van der Waals surface area contributed by atoms with Crippen molar-refractivity contribution in [2.75, 3.05) is 24.3 Å². The molecule has 3 aliphatic heterocycles. The van der Waals surface area contributed by atoms with E-state index in [-0.39, 0.29) is 30.2 Å². The molecule has 1 saturated heterocycles. The molecular weight excluding hydrogens is 660 g/mol. The first-order chi connectivity index (χ1) is 25.2. The summed E-state index contributed by atoms with van der Waals surface area (Å²) in [5, 5.41) is 6.46. The highest BCUT2D eigenvalue weighted by molar-refractivity contribution is 6.05. The van der Waals surface area contributed by atoms with Crippen molar-refractivity contribution in [3.8, 4) is 5.69 Å². The van der Waals surface area contributed by atoms with Crippen LogP contribution in [0.15, 0.2) is 61.2 Å². The Bertz CT molecular complexity index is 2260. The topological polar surface area (TPSA) is 151 Å². The van der Waals surface area contributed by atoms with Gasteiger partial charge in [-0.1, -0.05) is 12.8 Å². The third-order valence-corrected chi connectivity index (χ3v) is 10.8. The highest BCUT2D eigenvalue weighted by Crippen LogP contribution is 2.36. The minimum absolute atomic E-state index is 0.0389. The van der Waals surface area contributed by atoms with Crippen LogP contribution >= 0.6 is 0 Å². The van der Waals surface area contributed by atoms with Crippen molar-refractivity contribution in [1.29, 1.82) is 0 Å². The largest absolute Gasteiger partial charge is 0.361 e. The molecule has 14 nitrogen and oxygen atoms in total. The first-order valence-corrected chi connectivity index (χ1v) is 17.8. The maximum atomic E-state index is 13.1. The minimum atomic E-state index is -0.631. The van der Waals surface area contributed by atoms with Gasteiger partial charge in [0.25, 0.3) is 11.8 Å². The number of nitrogens with one attached hydrogen (secondary N) is 2. The highest BCUT2D eigenvalue weighted by atomic mass is 16.2. The minimum Gasteiger partial charge on any atom is -0.361 e. The van der Waals surface area contributed by atoms with Crippen LogP contribution in [0.1, 0.15) is 82.1 Å². The van der Waals surface area contributed by atoms with Gasteiger partial charge in [-0.3, -0.25) is 24.5 Å². The van der Waals surface area contributed by atoms with Crippen LogP contribution < -0.4 is 15.5 Å². The summed E-state index contributed by atoms with van der Waals surface area (Å²) in [5.74, 6) is 0.143. The number of pyridine rings is 1. The van der Waals surface area contributed by atoms with Gasteiger partial charge in [0.2, 0.25) is 17.8 Å². The van der Waals surface area contributed by atoms with Crippen molar-refractivity contribution < 1.29 is 19.2 Å². The van der Waals surface area contributed by atoms with Crippen LogP contribution in [0.5, 0.6) is 0 Å². The molecule has 5 aromatic rings. The molecule has 2 fully saturated rings. The Morgan fingerprint density at radius 1 is 0.885 bits per heavy atom. The molecule has 1 saturated carbocycles. The second-order valence-corrected chi connectivity index (χ2v) is 14.4. The molecule has 9 rings (SSSR count). The number of fused-ring (bicyclic) bond motifs is 3. The number of hydrogen-bond acceptors (Lipinski definition) is 9. The van der Waals surface area contributed by atoms with Gasteiger partial charge in [0, 0.05) is 81.4 Å². The van der Waals surface area contributed by atoms with Gasteiger partial charge in [0.15, 0.2) is 0 Å². The maximum Gasteiger partial charge on any atom is 0.270 e. The lowest BCUT2D eigenvalue weighted by atomic mass is 10.0. The van der Waals surface area contributed by atoms with Crippen molar-refractivity contribution >= 4 is 52.1 Å². The highest BCUT2D eigenvalue weighted by Gasteiger charge is 2.39. The van der Waals surface area contributed by atoms with Crippen LogP contribution in [0.3, 0.4) is 0 Å². The average Bonchev–Trinajstić information content (AvgIpc) is 3.97. The van der Waals surface area contributed by atoms with Crippen LogP contribution in [0.2, 0.25) is 0 Å². The third kappa shape index (κ3) is 5.45. The fraction of sp³-hybridized carbons (Fsp3) is 0.342. The molecule has 7 heterocycles. The Hall–Kier alpha value is -6.05. The van der Waals surface area contributed by atoms with E-state index in [9.17, 15) is 19.2 Å². The molecule has 0 radical (unpaired) electrons. The zero-order valence-electron chi connectivity index (χ0n) is 29.0. The summed E-state index contributed by atoms with van der Waals surface area (Å²) in [6, 6.07) is 11.2. The van der Waals surface area contributed by atoms with Gasteiger partial charge in [0.05, 0.1) is 11.9 Å². The van der Waals surface area contributed by atoms with E-state index in [1.165, 1.54) is 11.1 Å². The molecule has 4 amide bonds. The Balaban J connectivity index is 0.874. The number of rotatable bonds is 7. The second kappa shape index (κ2) is 12.3. The monoisotopic (exact) mass is 698 g/mol. The van der Waals surface area contributed by atoms with E-state index >= 15 is 0 Å². The van der Waals surface area contributed by atoms with E-state index in [1.807, 2.05) is 42.6 Å². The van der Waals surface area contributed by atoms with Gasteiger partial charge in [-0.05, 0) is 72.4 Å². The summed E-state index contributed by atoms with van der Waals surface area (Å²) in [6.45, 7) is 1.80. The number of imide groups is 1. The van der Waals surface area contributed by atoms with Crippen LogP contribution in [-0.2, 0) is 29.2 Å². The van der Waals surface area contributed by atoms with Crippen LogP contribution in [0, 0.1) is 0 Å². The van der Waals surface area contributed by atoms with Gasteiger partial charge in [-0.25, -0.2) is 9.97 Å². The van der Waals surface area contributed by atoms with Crippen LogP contribution in [-0.4, -0.2) is 77.7 Å². The summed E-state index contributed by atoms with van der Waals surface area (Å²) < 4.78 is 4.19. The van der Waals surface area contributed by atoms with Gasteiger partial charge in [0.1, 0.15) is 23.2 Å². The Morgan fingerprint density at radius 2 is 1.65 bits per heavy atom. The number of carbonyl (C=O) groups excluding carboxylic acids is 4. The molecule has 0 bridgehead atoms. The van der Waals surface area contributed by atoms with E-state index in [0.29, 0.717) is 36.0 Å².